The van der Waals surface area contributed by atoms with Gasteiger partial charge in [-0.05, 0) is 38.8 Å². The van der Waals surface area contributed by atoms with Crippen LogP contribution < -0.4 is 14.4 Å². The Morgan fingerprint density at radius 1 is 1.09 bits per heavy atom. The maximum atomic E-state index is 14.8. The minimum absolute atomic E-state index is 0.0462. The van der Waals surface area contributed by atoms with Gasteiger partial charge in [0.15, 0.2) is 0 Å². The van der Waals surface area contributed by atoms with Crippen molar-refractivity contribution in [3.63, 3.8) is 0 Å². The second kappa shape index (κ2) is 14.5. The number of likely N-dealkylation sites (tertiary alicyclic amines) is 1. The summed E-state index contributed by atoms with van der Waals surface area (Å²) in [5.74, 6) is -0.102. The van der Waals surface area contributed by atoms with E-state index < -0.39 is 22.7 Å². The molecular formula is C33H40F3N5O5S. The van der Waals surface area contributed by atoms with Crippen molar-refractivity contribution in [2.75, 3.05) is 50.8 Å². The number of piperazine rings is 1. The van der Waals surface area contributed by atoms with Crippen molar-refractivity contribution in [3.05, 3.63) is 63.9 Å². The Morgan fingerprint density at radius 2 is 1.79 bits per heavy atom. The van der Waals surface area contributed by atoms with Gasteiger partial charge in [0.1, 0.15) is 29.3 Å². The summed E-state index contributed by atoms with van der Waals surface area (Å²) in [5.41, 5.74) is 0.588. The molecule has 0 bridgehead atoms. The number of thiophene rings is 1. The van der Waals surface area contributed by atoms with Gasteiger partial charge in [-0.25, -0.2) is 9.97 Å². The van der Waals surface area contributed by atoms with E-state index in [0.717, 1.165) is 11.8 Å². The lowest BCUT2D eigenvalue weighted by molar-refractivity contribution is -0.159. The van der Waals surface area contributed by atoms with E-state index in [2.05, 4.69) is 14.9 Å². The van der Waals surface area contributed by atoms with Crippen molar-refractivity contribution >= 4 is 28.8 Å². The number of para-hydroxylation sites is 2. The number of alkyl halides is 3. The highest BCUT2D eigenvalue weighted by Crippen LogP contribution is 2.42. The minimum atomic E-state index is -4.56. The molecule has 0 unspecified atom stereocenters. The lowest BCUT2D eigenvalue weighted by atomic mass is 9.79. The number of amides is 2. The van der Waals surface area contributed by atoms with Crippen molar-refractivity contribution in [2.24, 2.45) is 0 Å². The molecule has 1 aromatic carbocycles. The van der Waals surface area contributed by atoms with E-state index in [1.54, 1.807) is 23.6 Å². The van der Waals surface area contributed by atoms with Crippen LogP contribution in [0.3, 0.4) is 0 Å². The Labute approximate surface area is 276 Å². The molecule has 2 atom stereocenters. The maximum Gasteiger partial charge on any atom is 0.425 e. The van der Waals surface area contributed by atoms with E-state index in [-0.39, 0.29) is 37.2 Å². The predicted octanol–water partition coefficient (Wildman–Crippen LogP) is 5.12. The number of carbonyl (C=O) groups is 2. The van der Waals surface area contributed by atoms with Gasteiger partial charge < -0.3 is 29.3 Å². The Hall–Kier alpha value is -3.91. The molecule has 1 N–H and O–H groups in total. The summed E-state index contributed by atoms with van der Waals surface area (Å²) in [4.78, 5) is 42.1. The van der Waals surface area contributed by atoms with Crippen LogP contribution in [0.5, 0.6) is 11.5 Å². The highest BCUT2D eigenvalue weighted by molar-refractivity contribution is 7.10. The number of hydrogen-bond donors (Lipinski definition) is 1. The molecule has 2 fully saturated rings. The molecule has 5 rings (SSSR count). The third kappa shape index (κ3) is 7.18. The second-order valence-corrected chi connectivity index (χ2v) is 12.7. The summed E-state index contributed by atoms with van der Waals surface area (Å²) in [5, 5.41) is 10.5. The predicted molar refractivity (Wildman–Crippen MR) is 171 cm³/mol. The lowest BCUT2D eigenvalue weighted by Crippen LogP contribution is -2.69. The number of nitrogens with zero attached hydrogens (tertiary/aromatic N) is 5. The second-order valence-electron chi connectivity index (χ2n) is 11.8. The van der Waals surface area contributed by atoms with Gasteiger partial charge >= 0.3 is 6.18 Å². The molecule has 47 heavy (non-hydrogen) atoms. The van der Waals surface area contributed by atoms with Crippen LogP contribution in [-0.4, -0.2) is 94.3 Å². The van der Waals surface area contributed by atoms with E-state index in [9.17, 15) is 27.9 Å². The largest absolute Gasteiger partial charge is 0.489 e. The Kier molecular flexibility index (Phi) is 10.6. The molecule has 2 aliphatic heterocycles. The molecule has 0 radical (unpaired) electrons. The number of aromatic nitrogens is 2. The fourth-order valence-electron chi connectivity index (χ4n) is 6.60. The summed E-state index contributed by atoms with van der Waals surface area (Å²) in [6.45, 7) is 7.37. The van der Waals surface area contributed by atoms with Gasteiger partial charge in [0.25, 0.3) is 11.8 Å². The molecular weight excluding hydrogens is 635 g/mol. The number of hydrogen-bond acceptors (Lipinski definition) is 9. The van der Waals surface area contributed by atoms with Crippen LogP contribution in [0.4, 0.5) is 18.9 Å². The molecule has 4 heterocycles. The number of piperidine rings is 1. The Balaban J connectivity index is 1.49. The van der Waals surface area contributed by atoms with Gasteiger partial charge in [-0.15, -0.1) is 11.3 Å². The van der Waals surface area contributed by atoms with Crippen molar-refractivity contribution in [1.82, 2.24) is 19.8 Å². The first kappa shape index (κ1) is 34.4. The normalized spacial score (nSPS) is 20.3. The molecule has 254 valence electrons. The zero-order chi connectivity index (χ0) is 33.8. The number of aryl methyl sites for hydroxylation is 2. The molecule has 2 amide bonds. The van der Waals surface area contributed by atoms with Crippen molar-refractivity contribution in [1.29, 1.82) is 0 Å². The monoisotopic (exact) mass is 675 g/mol. The van der Waals surface area contributed by atoms with Crippen LogP contribution in [0.25, 0.3) is 0 Å². The standard InChI is InChI=1S/C33H40F3N5O5S/c1-4-8-27-32(46-24-19-28(47-20-24)33(34,35)36,11-7-12-41(27)30(43)29-22(2)37-21-38-23(29)3)31(44)40-15-13-39(14-16-40)25-9-5-6-10-26(25)45-18-17-42/h5-6,9-10,19-21,27,42H,4,7-8,11-18H2,1-3H3/t27-,32+/m1/s1. The first-order valence-electron chi connectivity index (χ1n) is 15.8. The highest BCUT2D eigenvalue weighted by Gasteiger charge is 2.55. The van der Waals surface area contributed by atoms with Gasteiger partial charge in [-0.2, -0.15) is 13.2 Å². The minimum Gasteiger partial charge on any atom is -0.489 e. The topological polar surface area (TPSA) is 108 Å². The van der Waals surface area contributed by atoms with E-state index in [4.69, 9.17) is 9.47 Å². The van der Waals surface area contributed by atoms with Gasteiger partial charge in [-0.3, -0.25) is 9.59 Å². The molecule has 2 aromatic heterocycles. The fraction of sp³-hybridized carbons (Fsp3) is 0.515. The number of rotatable bonds is 10. The molecule has 10 nitrogen and oxygen atoms in total. The fourth-order valence-corrected chi connectivity index (χ4v) is 7.27. The Morgan fingerprint density at radius 3 is 2.43 bits per heavy atom. The quantitative estimate of drug-likeness (QED) is 0.316. The summed E-state index contributed by atoms with van der Waals surface area (Å²) in [7, 11) is 0. The smallest absolute Gasteiger partial charge is 0.425 e. The van der Waals surface area contributed by atoms with E-state index in [1.165, 1.54) is 11.7 Å². The number of anilines is 1. The van der Waals surface area contributed by atoms with Crippen molar-refractivity contribution in [2.45, 2.75) is 64.3 Å². The van der Waals surface area contributed by atoms with Gasteiger partial charge in [0.2, 0.25) is 5.60 Å². The summed E-state index contributed by atoms with van der Waals surface area (Å²) >= 11 is 0.512. The number of benzene rings is 1. The highest BCUT2D eigenvalue weighted by atomic mass is 32.1. The first-order valence-corrected chi connectivity index (χ1v) is 16.7. The number of ether oxygens (including phenoxy) is 2. The van der Waals surface area contributed by atoms with Crippen LogP contribution in [0, 0.1) is 13.8 Å². The van der Waals surface area contributed by atoms with Crippen LogP contribution >= 0.6 is 11.3 Å². The maximum absolute atomic E-state index is 14.8. The lowest BCUT2D eigenvalue weighted by Gasteiger charge is -2.50. The van der Waals surface area contributed by atoms with Crippen LogP contribution in [0.15, 0.2) is 42.0 Å². The first-order chi connectivity index (χ1) is 22.5. The summed E-state index contributed by atoms with van der Waals surface area (Å²) in [6.07, 6.45) is -1.52. The molecule has 0 spiro atoms. The van der Waals surface area contributed by atoms with Gasteiger partial charge in [0, 0.05) is 50.6 Å². The molecule has 14 heteroatoms. The SMILES string of the molecule is CCC[C@H]1N(C(=O)c2c(C)ncnc2C)CCC[C@@]1(Oc1csc(C(F)(F)F)c1)C(=O)N1CCN(c2ccccc2OCCO)CC1. The molecule has 2 saturated heterocycles. The zero-order valence-electron chi connectivity index (χ0n) is 26.8. The zero-order valence-corrected chi connectivity index (χ0v) is 27.6. The molecule has 2 aliphatic rings. The van der Waals surface area contributed by atoms with Crippen molar-refractivity contribution < 1.29 is 37.3 Å². The number of halogens is 3. The summed E-state index contributed by atoms with van der Waals surface area (Å²) in [6, 6.07) is 7.67. The van der Waals surface area contributed by atoms with Crippen LogP contribution in [0.1, 0.15) is 59.2 Å². The molecule has 3 aromatic rings. The number of aliphatic hydroxyl groups is 1. The summed E-state index contributed by atoms with van der Waals surface area (Å²) < 4.78 is 53.1. The molecule has 0 saturated carbocycles. The van der Waals surface area contributed by atoms with E-state index in [1.807, 2.05) is 31.2 Å². The molecule has 0 aliphatic carbocycles. The number of aliphatic hydroxyl groups excluding tert-OH is 1. The average Bonchev–Trinajstić information content (AvgIpc) is 3.53. The third-order valence-corrected chi connectivity index (χ3v) is 9.72. The Bertz CT molecular complexity index is 1540. The van der Waals surface area contributed by atoms with Crippen molar-refractivity contribution in [3.8, 4) is 11.5 Å². The third-order valence-electron chi connectivity index (χ3n) is 8.76. The van der Waals surface area contributed by atoms with E-state index in [0.29, 0.717) is 86.0 Å². The average molecular weight is 676 g/mol. The number of carbonyl (C=O) groups excluding carboxylic acids is 2. The van der Waals surface area contributed by atoms with Gasteiger partial charge in [-0.1, -0.05) is 25.5 Å². The van der Waals surface area contributed by atoms with E-state index >= 15 is 0 Å². The van der Waals surface area contributed by atoms with Crippen LogP contribution in [0.2, 0.25) is 0 Å². The van der Waals surface area contributed by atoms with Gasteiger partial charge in [0.05, 0.1) is 35.3 Å². The van der Waals surface area contributed by atoms with Crippen LogP contribution in [-0.2, 0) is 11.0 Å².